The van der Waals surface area contributed by atoms with E-state index in [1.807, 2.05) is 12.3 Å². The van der Waals surface area contributed by atoms with E-state index in [4.69, 9.17) is 0 Å². The highest BCUT2D eigenvalue weighted by atomic mass is 16.1. The van der Waals surface area contributed by atoms with Crippen LogP contribution in [0, 0.1) is 0 Å². The van der Waals surface area contributed by atoms with E-state index in [1.165, 1.54) is 5.56 Å². The second kappa shape index (κ2) is 3.24. The molecular weight excluding hydrogens is 200 g/mol. The van der Waals surface area contributed by atoms with Crippen molar-refractivity contribution in [3.63, 3.8) is 0 Å². The number of aromatic amines is 2. The van der Waals surface area contributed by atoms with Crippen LogP contribution < -0.4 is 5.56 Å². The van der Waals surface area contributed by atoms with Crippen LogP contribution in [-0.4, -0.2) is 9.97 Å². The predicted molar refractivity (Wildman–Crippen MR) is 65.0 cm³/mol. The summed E-state index contributed by atoms with van der Waals surface area (Å²) in [5.74, 6) is 0.926. The molecule has 2 N–H and O–H groups in total. The number of hydrogen-bond donors (Lipinski definition) is 2. The molecule has 3 nitrogen and oxygen atoms in total. The van der Waals surface area contributed by atoms with Crippen molar-refractivity contribution in [2.45, 2.75) is 38.5 Å². The van der Waals surface area contributed by atoms with Gasteiger partial charge >= 0.3 is 0 Å². The number of pyridine rings is 1. The Morgan fingerprint density at radius 1 is 1.38 bits per heavy atom. The second-order valence-electron chi connectivity index (χ2n) is 5.02. The molecule has 0 saturated heterocycles. The Bertz CT molecular complexity index is 587. The van der Waals surface area contributed by atoms with E-state index in [0.717, 1.165) is 29.4 Å². The van der Waals surface area contributed by atoms with E-state index in [2.05, 4.69) is 23.8 Å². The maximum Gasteiger partial charge on any atom is 0.252 e. The summed E-state index contributed by atoms with van der Waals surface area (Å²) in [5.41, 5.74) is 4.27. The van der Waals surface area contributed by atoms with Gasteiger partial charge in [0.05, 0.1) is 11.0 Å². The van der Waals surface area contributed by atoms with E-state index >= 15 is 0 Å². The minimum atomic E-state index is 0.0940. The number of aromatic nitrogens is 2. The highest BCUT2D eigenvalue weighted by Crippen LogP contribution is 2.39. The fraction of sp³-hybridized carbons (Fsp3) is 0.462. The van der Waals surface area contributed by atoms with Gasteiger partial charge in [-0.3, -0.25) is 4.79 Å². The van der Waals surface area contributed by atoms with Crippen molar-refractivity contribution in [1.29, 1.82) is 0 Å². The number of nitrogens with one attached hydrogen (secondary N) is 2. The molecule has 16 heavy (non-hydrogen) atoms. The van der Waals surface area contributed by atoms with Crippen molar-refractivity contribution in [3.05, 3.63) is 33.7 Å². The van der Waals surface area contributed by atoms with Crippen LogP contribution in [-0.2, 0) is 0 Å². The Morgan fingerprint density at radius 3 is 2.75 bits per heavy atom. The third-order valence-corrected chi connectivity index (χ3v) is 3.38. The summed E-state index contributed by atoms with van der Waals surface area (Å²) in [6, 6.07) is 2.03. The summed E-state index contributed by atoms with van der Waals surface area (Å²) in [5, 5.41) is 0. The van der Waals surface area contributed by atoms with Crippen LogP contribution in [0.2, 0.25) is 0 Å². The molecule has 0 aliphatic heterocycles. The lowest BCUT2D eigenvalue weighted by atomic mass is 10.1. The molecule has 0 radical (unpaired) electrons. The van der Waals surface area contributed by atoms with Gasteiger partial charge in [0.2, 0.25) is 0 Å². The van der Waals surface area contributed by atoms with Gasteiger partial charge < -0.3 is 9.97 Å². The van der Waals surface area contributed by atoms with Crippen LogP contribution in [0.1, 0.15) is 49.7 Å². The summed E-state index contributed by atoms with van der Waals surface area (Å²) >= 11 is 0. The van der Waals surface area contributed by atoms with Gasteiger partial charge in [0, 0.05) is 11.8 Å². The molecule has 2 aromatic rings. The Hall–Kier alpha value is -1.51. The topological polar surface area (TPSA) is 48.6 Å². The van der Waals surface area contributed by atoms with Crippen molar-refractivity contribution in [2.75, 3.05) is 0 Å². The highest BCUT2D eigenvalue weighted by molar-refractivity contribution is 5.80. The first kappa shape index (κ1) is 9.70. The van der Waals surface area contributed by atoms with Crippen LogP contribution in [0.3, 0.4) is 0 Å². The molecule has 1 aliphatic rings. The van der Waals surface area contributed by atoms with E-state index < -0.39 is 0 Å². The van der Waals surface area contributed by atoms with E-state index in [9.17, 15) is 4.79 Å². The van der Waals surface area contributed by atoms with Crippen LogP contribution in [0.5, 0.6) is 0 Å². The van der Waals surface area contributed by atoms with Crippen LogP contribution >= 0.6 is 0 Å². The number of fused-ring (bicyclic) bond motifs is 1. The van der Waals surface area contributed by atoms with E-state index in [1.54, 1.807) is 0 Å². The maximum absolute atomic E-state index is 11.9. The Morgan fingerprint density at radius 2 is 2.12 bits per heavy atom. The Kier molecular flexibility index (Phi) is 1.96. The van der Waals surface area contributed by atoms with Crippen molar-refractivity contribution in [3.8, 4) is 0 Å². The van der Waals surface area contributed by atoms with Gasteiger partial charge in [0.25, 0.3) is 5.56 Å². The molecular formula is C13H16N2O. The third kappa shape index (κ3) is 1.39. The minimum absolute atomic E-state index is 0.0940. The van der Waals surface area contributed by atoms with Crippen molar-refractivity contribution < 1.29 is 0 Å². The van der Waals surface area contributed by atoms with Gasteiger partial charge in [0.15, 0.2) is 0 Å². The van der Waals surface area contributed by atoms with Crippen LogP contribution in [0.25, 0.3) is 11.0 Å². The molecule has 0 amide bonds. The maximum atomic E-state index is 11.9. The molecule has 2 heterocycles. The first-order valence-corrected chi connectivity index (χ1v) is 5.91. The number of hydrogen-bond acceptors (Lipinski definition) is 1. The Labute approximate surface area is 93.9 Å². The lowest BCUT2D eigenvalue weighted by Gasteiger charge is -2.03. The van der Waals surface area contributed by atoms with E-state index in [0.29, 0.717) is 11.8 Å². The Balaban J connectivity index is 2.24. The SMILES string of the molecule is CC(C)c1c[nH]c2cc(C3CC3)c(=O)[nH]c12. The molecule has 0 bridgehead atoms. The van der Waals surface area contributed by atoms with Gasteiger partial charge in [0.1, 0.15) is 0 Å². The second-order valence-corrected chi connectivity index (χ2v) is 5.02. The smallest absolute Gasteiger partial charge is 0.252 e. The molecule has 3 rings (SSSR count). The molecule has 3 heteroatoms. The molecule has 0 spiro atoms. The number of rotatable bonds is 2. The standard InChI is InChI=1S/C13H16N2O/c1-7(2)10-6-14-11-5-9(8-3-4-8)13(16)15-12(10)11/h5-8,14H,3-4H2,1-2H3,(H,15,16). The normalized spacial score (nSPS) is 16.2. The minimum Gasteiger partial charge on any atom is -0.360 e. The van der Waals surface area contributed by atoms with Gasteiger partial charge in [-0.25, -0.2) is 0 Å². The average Bonchev–Trinajstić information content (AvgIpc) is 2.98. The van der Waals surface area contributed by atoms with Gasteiger partial charge in [-0.2, -0.15) is 0 Å². The summed E-state index contributed by atoms with van der Waals surface area (Å²) in [6.45, 7) is 4.27. The first-order chi connectivity index (χ1) is 7.66. The van der Waals surface area contributed by atoms with Crippen molar-refractivity contribution in [2.24, 2.45) is 0 Å². The third-order valence-electron chi connectivity index (χ3n) is 3.38. The molecule has 0 atom stereocenters. The summed E-state index contributed by atoms with van der Waals surface area (Å²) < 4.78 is 0. The van der Waals surface area contributed by atoms with Gasteiger partial charge in [-0.1, -0.05) is 13.8 Å². The molecule has 2 aromatic heterocycles. The monoisotopic (exact) mass is 216 g/mol. The molecule has 1 fully saturated rings. The van der Waals surface area contributed by atoms with Gasteiger partial charge in [-0.05, 0) is 36.3 Å². The van der Waals surface area contributed by atoms with Crippen LogP contribution in [0.15, 0.2) is 17.1 Å². The summed E-state index contributed by atoms with van der Waals surface area (Å²) in [6.07, 6.45) is 4.32. The zero-order valence-corrected chi connectivity index (χ0v) is 9.63. The molecule has 1 saturated carbocycles. The highest BCUT2D eigenvalue weighted by Gasteiger charge is 2.27. The first-order valence-electron chi connectivity index (χ1n) is 5.91. The summed E-state index contributed by atoms with van der Waals surface area (Å²) in [4.78, 5) is 18.2. The fourth-order valence-electron chi connectivity index (χ4n) is 2.27. The van der Waals surface area contributed by atoms with Crippen molar-refractivity contribution >= 4 is 11.0 Å². The fourth-order valence-corrected chi connectivity index (χ4v) is 2.27. The average molecular weight is 216 g/mol. The number of H-pyrrole nitrogens is 2. The van der Waals surface area contributed by atoms with Crippen molar-refractivity contribution in [1.82, 2.24) is 9.97 Å². The van der Waals surface area contributed by atoms with Crippen LogP contribution in [0.4, 0.5) is 0 Å². The molecule has 0 aromatic carbocycles. The lowest BCUT2D eigenvalue weighted by molar-refractivity contribution is 0.872. The lowest BCUT2D eigenvalue weighted by Crippen LogP contribution is -2.11. The zero-order valence-electron chi connectivity index (χ0n) is 9.63. The van der Waals surface area contributed by atoms with E-state index in [-0.39, 0.29) is 5.56 Å². The predicted octanol–water partition coefficient (Wildman–Crippen LogP) is 2.86. The quantitative estimate of drug-likeness (QED) is 0.796. The molecule has 84 valence electrons. The zero-order chi connectivity index (χ0) is 11.3. The molecule has 0 unspecified atom stereocenters. The van der Waals surface area contributed by atoms with Gasteiger partial charge in [-0.15, -0.1) is 0 Å². The molecule has 1 aliphatic carbocycles. The largest absolute Gasteiger partial charge is 0.360 e. The summed E-state index contributed by atoms with van der Waals surface area (Å²) in [7, 11) is 0.